The van der Waals surface area contributed by atoms with Crippen LogP contribution >= 0.6 is 0 Å². The summed E-state index contributed by atoms with van der Waals surface area (Å²) in [5, 5.41) is 5.66. The Morgan fingerprint density at radius 2 is 1.69 bits per heavy atom. The molecule has 1 aliphatic heterocycles. The number of nitrogens with zero attached hydrogens (tertiary/aromatic N) is 4. The van der Waals surface area contributed by atoms with Gasteiger partial charge in [0.1, 0.15) is 0 Å². The zero-order chi connectivity index (χ0) is 24.6. The van der Waals surface area contributed by atoms with Crippen molar-refractivity contribution in [2.45, 2.75) is 19.3 Å². The smallest absolute Gasteiger partial charge is 0.274 e. The minimum absolute atomic E-state index is 0.180. The summed E-state index contributed by atoms with van der Waals surface area (Å²) in [6, 6.07) is 12.7. The molecule has 35 heavy (non-hydrogen) atoms. The van der Waals surface area contributed by atoms with Crippen LogP contribution in [0.5, 0.6) is 0 Å². The number of sulfonamides is 1. The van der Waals surface area contributed by atoms with E-state index in [-0.39, 0.29) is 32.1 Å². The molecule has 1 saturated heterocycles. The number of carbonyl (C=O) groups excluding carboxylic acids is 1. The van der Waals surface area contributed by atoms with Gasteiger partial charge in [-0.2, -0.15) is 9.40 Å². The number of piperazine rings is 1. The van der Waals surface area contributed by atoms with Crippen LogP contribution in [-0.4, -0.2) is 59.5 Å². The molecule has 10 heteroatoms. The van der Waals surface area contributed by atoms with Crippen LogP contribution in [-0.2, 0) is 22.9 Å². The van der Waals surface area contributed by atoms with Crippen molar-refractivity contribution in [3.05, 3.63) is 88.1 Å². The van der Waals surface area contributed by atoms with Gasteiger partial charge >= 0.3 is 0 Å². The third kappa shape index (κ3) is 4.63. The predicted octanol–water partition coefficient (Wildman–Crippen LogP) is 3.40. The van der Waals surface area contributed by atoms with Crippen molar-refractivity contribution in [1.82, 2.24) is 19.0 Å². The lowest BCUT2D eigenvalue weighted by Crippen LogP contribution is -2.50. The Labute approximate surface area is 202 Å². The fourth-order valence-electron chi connectivity index (χ4n) is 4.55. The molecule has 1 aliphatic carbocycles. The Morgan fingerprint density at radius 1 is 0.943 bits per heavy atom. The summed E-state index contributed by atoms with van der Waals surface area (Å²) in [5.41, 5.74) is 3.09. The zero-order valence-electron chi connectivity index (χ0n) is 18.9. The van der Waals surface area contributed by atoms with Crippen LogP contribution < -0.4 is 0 Å². The van der Waals surface area contributed by atoms with Crippen molar-refractivity contribution < 1.29 is 22.0 Å². The van der Waals surface area contributed by atoms with E-state index in [4.69, 9.17) is 0 Å². The highest BCUT2D eigenvalue weighted by atomic mass is 32.2. The summed E-state index contributed by atoms with van der Waals surface area (Å²) in [5.74, 6) is -2.20. The maximum atomic E-state index is 13.8. The molecule has 0 spiro atoms. The molecule has 0 unspecified atom stereocenters. The first-order valence-corrected chi connectivity index (χ1v) is 12.9. The van der Waals surface area contributed by atoms with E-state index in [1.54, 1.807) is 11.0 Å². The molecule has 182 valence electrons. The van der Waals surface area contributed by atoms with Crippen LogP contribution in [0.15, 0.2) is 53.9 Å². The molecular formula is C25H24F2N4O3S. The summed E-state index contributed by atoms with van der Waals surface area (Å²) < 4.78 is 55.6. The number of benzene rings is 2. The number of hydrogen-bond donors (Lipinski definition) is 0. The third-order valence-electron chi connectivity index (χ3n) is 6.40. The SMILES string of the molecule is O=C(c1nn(-c2ccc(F)c(F)c2)c2c1CCC2)N1CCN(S(=O)(=O)/C=C/c2ccccc2)CC1. The maximum Gasteiger partial charge on any atom is 0.274 e. The van der Waals surface area contributed by atoms with Crippen molar-refractivity contribution in [1.29, 1.82) is 0 Å². The van der Waals surface area contributed by atoms with E-state index >= 15 is 0 Å². The summed E-state index contributed by atoms with van der Waals surface area (Å²) >= 11 is 0. The molecule has 3 aromatic rings. The second kappa shape index (κ2) is 9.35. The highest BCUT2D eigenvalue weighted by Gasteiger charge is 2.33. The average molecular weight is 499 g/mol. The normalized spacial score (nSPS) is 16.7. The Hall–Kier alpha value is -3.37. The van der Waals surface area contributed by atoms with Gasteiger partial charge in [0, 0.05) is 48.9 Å². The fraction of sp³-hybridized carbons (Fsp3) is 0.280. The predicted molar refractivity (Wildman–Crippen MR) is 127 cm³/mol. The number of aromatic nitrogens is 2. The Kier molecular flexibility index (Phi) is 6.24. The monoisotopic (exact) mass is 498 g/mol. The minimum Gasteiger partial charge on any atom is -0.335 e. The van der Waals surface area contributed by atoms with E-state index in [1.807, 2.05) is 30.3 Å². The first kappa shape index (κ1) is 23.4. The van der Waals surface area contributed by atoms with E-state index in [0.717, 1.165) is 35.4 Å². The lowest BCUT2D eigenvalue weighted by atomic mass is 10.1. The van der Waals surface area contributed by atoms with E-state index in [9.17, 15) is 22.0 Å². The van der Waals surface area contributed by atoms with Crippen LogP contribution in [0.25, 0.3) is 11.8 Å². The molecule has 0 atom stereocenters. The molecule has 0 radical (unpaired) electrons. The Morgan fingerprint density at radius 3 is 2.40 bits per heavy atom. The van der Waals surface area contributed by atoms with Gasteiger partial charge in [-0.05, 0) is 43.0 Å². The van der Waals surface area contributed by atoms with Crippen LogP contribution in [0, 0.1) is 11.6 Å². The number of amides is 1. The minimum atomic E-state index is -3.62. The number of hydrogen-bond acceptors (Lipinski definition) is 4. The lowest BCUT2D eigenvalue weighted by Gasteiger charge is -2.33. The molecule has 1 aromatic heterocycles. The number of carbonyl (C=O) groups is 1. The molecular weight excluding hydrogens is 474 g/mol. The van der Waals surface area contributed by atoms with E-state index < -0.39 is 21.7 Å². The first-order valence-electron chi connectivity index (χ1n) is 11.4. The van der Waals surface area contributed by atoms with Gasteiger partial charge in [-0.15, -0.1) is 0 Å². The summed E-state index contributed by atoms with van der Waals surface area (Å²) in [6.07, 6.45) is 3.77. The van der Waals surface area contributed by atoms with Crippen LogP contribution in [0.4, 0.5) is 8.78 Å². The average Bonchev–Trinajstić information content (AvgIpc) is 3.48. The Balaban J connectivity index is 1.31. The fourth-order valence-corrected chi connectivity index (χ4v) is 5.72. The standard InChI is InChI=1S/C25H24F2N4O3S/c26-21-10-9-19(17-22(21)27)31-23-8-4-7-20(23)24(28-31)25(32)29-12-14-30(15-13-29)35(33,34)16-11-18-5-2-1-3-6-18/h1-3,5-6,9-11,16-17H,4,7-8,12-15H2/b16-11+. The second-order valence-electron chi connectivity index (χ2n) is 8.59. The number of rotatable bonds is 5. The second-order valence-corrected chi connectivity index (χ2v) is 10.4. The number of halogens is 2. The van der Waals surface area contributed by atoms with E-state index in [1.165, 1.54) is 20.5 Å². The van der Waals surface area contributed by atoms with E-state index in [2.05, 4.69) is 5.10 Å². The van der Waals surface area contributed by atoms with Crippen molar-refractivity contribution in [3.8, 4) is 5.69 Å². The summed E-state index contributed by atoms with van der Waals surface area (Å²) in [6.45, 7) is 0.840. The molecule has 0 N–H and O–H groups in total. The van der Waals surface area contributed by atoms with Gasteiger partial charge in [0.25, 0.3) is 5.91 Å². The topological polar surface area (TPSA) is 75.5 Å². The molecule has 1 amide bonds. The lowest BCUT2D eigenvalue weighted by molar-refractivity contribution is 0.0691. The first-order chi connectivity index (χ1) is 16.8. The third-order valence-corrected chi connectivity index (χ3v) is 7.96. The van der Waals surface area contributed by atoms with Gasteiger partial charge in [-0.1, -0.05) is 30.3 Å². The van der Waals surface area contributed by atoms with Gasteiger partial charge in [-0.25, -0.2) is 21.9 Å². The molecule has 0 saturated carbocycles. The largest absolute Gasteiger partial charge is 0.335 e. The maximum absolute atomic E-state index is 13.8. The molecule has 2 aromatic carbocycles. The van der Waals surface area contributed by atoms with Gasteiger partial charge in [0.05, 0.1) is 5.69 Å². The van der Waals surface area contributed by atoms with Gasteiger partial charge in [-0.3, -0.25) is 4.79 Å². The quantitative estimate of drug-likeness (QED) is 0.541. The summed E-state index contributed by atoms with van der Waals surface area (Å²) in [4.78, 5) is 14.9. The van der Waals surface area contributed by atoms with Gasteiger partial charge in [0.2, 0.25) is 10.0 Å². The van der Waals surface area contributed by atoms with Crippen molar-refractivity contribution in [3.63, 3.8) is 0 Å². The molecule has 1 fully saturated rings. The van der Waals surface area contributed by atoms with E-state index in [0.29, 0.717) is 24.2 Å². The highest BCUT2D eigenvalue weighted by molar-refractivity contribution is 7.92. The Bertz CT molecular complexity index is 1400. The molecule has 0 bridgehead atoms. The van der Waals surface area contributed by atoms with Gasteiger partial charge < -0.3 is 4.90 Å². The van der Waals surface area contributed by atoms with Crippen molar-refractivity contribution in [2.75, 3.05) is 26.2 Å². The molecule has 2 heterocycles. The summed E-state index contributed by atoms with van der Waals surface area (Å²) in [7, 11) is -3.62. The van der Waals surface area contributed by atoms with Crippen LogP contribution in [0.1, 0.15) is 33.7 Å². The zero-order valence-corrected chi connectivity index (χ0v) is 19.7. The number of fused-ring (bicyclic) bond motifs is 1. The van der Waals surface area contributed by atoms with Crippen LogP contribution in [0.3, 0.4) is 0 Å². The van der Waals surface area contributed by atoms with Gasteiger partial charge in [0.15, 0.2) is 17.3 Å². The van der Waals surface area contributed by atoms with Crippen molar-refractivity contribution >= 4 is 22.0 Å². The molecule has 2 aliphatic rings. The van der Waals surface area contributed by atoms with Crippen molar-refractivity contribution in [2.24, 2.45) is 0 Å². The van der Waals surface area contributed by atoms with Crippen LogP contribution in [0.2, 0.25) is 0 Å². The molecule has 7 nitrogen and oxygen atoms in total. The molecule has 5 rings (SSSR count). The highest BCUT2D eigenvalue weighted by Crippen LogP contribution is 2.29.